The zero-order chi connectivity index (χ0) is 15.2. The van der Waals surface area contributed by atoms with Crippen molar-refractivity contribution in [3.05, 3.63) is 52.8 Å². The quantitative estimate of drug-likeness (QED) is 0.459. The van der Waals surface area contributed by atoms with Crippen molar-refractivity contribution in [1.82, 2.24) is 9.97 Å². The number of aryl methyl sites for hydroxylation is 3. The van der Waals surface area contributed by atoms with Gasteiger partial charge in [0, 0.05) is 17.0 Å². The van der Waals surface area contributed by atoms with Gasteiger partial charge in [0.1, 0.15) is 0 Å². The van der Waals surface area contributed by atoms with E-state index in [4.69, 9.17) is 0 Å². The van der Waals surface area contributed by atoms with E-state index in [2.05, 4.69) is 16.9 Å². The first-order valence-corrected chi connectivity index (χ1v) is 8.14. The third-order valence-electron chi connectivity index (χ3n) is 3.11. The van der Waals surface area contributed by atoms with Crippen LogP contribution in [0, 0.1) is 13.8 Å². The molecular formula is C17H20N2OS. The number of hydrogen-bond acceptors (Lipinski definition) is 4. The van der Waals surface area contributed by atoms with E-state index >= 15 is 0 Å². The van der Waals surface area contributed by atoms with Gasteiger partial charge in [-0.3, -0.25) is 4.79 Å². The molecule has 0 saturated carbocycles. The highest BCUT2D eigenvalue weighted by Gasteiger charge is 2.08. The topological polar surface area (TPSA) is 42.9 Å². The Hall–Kier alpha value is -1.68. The standard InChI is InChI=1S/C17H20N2OS/c1-4-5-14-6-8-15(9-7-14)16(20)11-21-17-18-12(2)10-13(3)19-17/h6-10H,4-5,11H2,1-3H3. The van der Waals surface area contributed by atoms with Crippen LogP contribution in [0.1, 0.15) is 40.7 Å². The van der Waals surface area contributed by atoms with E-state index in [1.165, 1.54) is 17.3 Å². The van der Waals surface area contributed by atoms with E-state index in [1.807, 2.05) is 44.2 Å². The van der Waals surface area contributed by atoms with Crippen molar-refractivity contribution in [2.75, 3.05) is 5.75 Å². The van der Waals surface area contributed by atoms with E-state index in [0.717, 1.165) is 29.8 Å². The maximum Gasteiger partial charge on any atom is 0.188 e. The van der Waals surface area contributed by atoms with Crippen molar-refractivity contribution < 1.29 is 4.79 Å². The fraction of sp³-hybridized carbons (Fsp3) is 0.353. The Kier molecular flexibility index (Phi) is 5.51. The first-order chi connectivity index (χ1) is 10.1. The lowest BCUT2D eigenvalue weighted by Gasteiger charge is -2.04. The second kappa shape index (κ2) is 7.36. The van der Waals surface area contributed by atoms with Gasteiger partial charge in [0.2, 0.25) is 0 Å². The summed E-state index contributed by atoms with van der Waals surface area (Å²) in [5.41, 5.74) is 3.90. The minimum atomic E-state index is 0.116. The number of carbonyl (C=O) groups excluding carboxylic acids is 1. The summed E-state index contributed by atoms with van der Waals surface area (Å²) in [6.45, 7) is 6.03. The predicted octanol–water partition coefficient (Wildman–Crippen LogP) is 4.02. The van der Waals surface area contributed by atoms with Gasteiger partial charge in [-0.15, -0.1) is 0 Å². The lowest BCUT2D eigenvalue weighted by Crippen LogP contribution is -2.04. The van der Waals surface area contributed by atoms with Crippen LogP contribution >= 0.6 is 11.8 Å². The van der Waals surface area contributed by atoms with E-state index in [-0.39, 0.29) is 5.78 Å². The third-order valence-corrected chi connectivity index (χ3v) is 3.96. The van der Waals surface area contributed by atoms with Gasteiger partial charge in [-0.05, 0) is 31.9 Å². The Bertz CT molecular complexity index is 603. The number of rotatable bonds is 6. The summed E-state index contributed by atoms with van der Waals surface area (Å²) in [6, 6.07) is 9.83. The molecule has 0 radical (unpaired) electrons. The number of aromatic nitrogens is 2. The number of nitrogens with zero attached hydrogens (tertiary/aromatic N) is 2. The molecular weight excluding hydrogens is 280 g/mol. The molecule has 0 aliphatic rings. The number of carbonyl (C=O) groups is 1. The molecule has 2 rings (SSSR count). The van der Waals surface area contributed by atoms with E-state index < -0.39 is 0 Å². The summed E-state index contributed by atoms with van der Waals surface area (Å²) >= 11 is 1.39. The Morgan fingerprint density at radius 2 is 1.71 bits per heavy atom. The van der Waals surface area contributed by atoms with Crippen LogP contribution in [0.4, 0.5) is 0 Å². The van der Waals surface area contributed by atoms with Crippen LogP contribution in [-0.4, -0.2) is 21.5 Å². The molecule has 0 unspecified atom stereocenters. The maximum absolute atomic E-state index is 12.2. The molecule has 3 nitrogen and oxygen atoms in total. The molecule has 0 atom stereocenters. The molecule has 0 fully saturated rings. The smallest absolute Gasteiger partial charge is 0.188 e. The number of hydrogen-bond donors (Lipinski definition) is 0. The highest BCUT2D eigenvalue weighted by molar-refractivity contribution is 7.99. The molecule has 0 aliphatic carbocycles. The number of ketones is 1. The first-order valence-electron chi connectivity index (χ1n) is 7.15. The van der Waals surface area contributed by atoms with E-state index in [9.17, 15) is 4.79 Å². The molecule has 0 aliphatic heterocycles. The zero-order valence-electron chi connectivity index (χ0n) is 12.7. The minimum absolute atomic E-state index is 0.116. The average Bonchev–Trinajstić information content (AvgIpc) is 2.45. The molecule has 0 saturated heterocycles. The Labute approximate surface area is 130 Å². The van der Waals surface area contributed by atoms with Gasteiger partial charge in [0.25, 0.3) is 0 Å². The molecule has 0 bridgehead atoms. The molecule has 110 valence electrons. The van der Waals surface area contributed by atoms with Gasteiger partial charge in [-0.2, -0.15) is 0 Å². The van der Waals surface area contributed by atoms with Crippen LogP contribution in [0.5, 0.6) is 0 Å². The first kappa shape index (κ1) is 15.7. The Morgan fingerprint density at radius 1 is 1.10 bits per heavy atom. The van der Waals surface area contributed by atoms with Gasteiger partial charge < -0.3 is 0 Å². The monoisotopic (exact) mass is 300 g/mol. The molecule has 0 spiro atoms. The zero-order valence-corrected chi connectivity index (χ0v) is 13.5. The molecule has 1 aromatic heterocycles. The average molecular weight is 300 g/mol. The van der Waals surface area contributed by atoms with Gasteiger partial charge in [0.05, 0.1) is 5.75 Å². The normalized spacial score (nSPS) is 10.6. The predicted molar refractivity (Wildman–Crippen MR) is 87.0 cm³/mol. The number of Topliss-reactive ketones (excluding diaryl/α,β-unsaturated/α-hetero) is 1. The van der Waals surface area contributed by atoms with Crippen molar-refractivity contribution in [3.8, 4) is 0 Å². The Balaban J connectivity index is 1.97. The van der Waals surface area contributed by atoms with Crippen molar-refractivity contribution in [1.29, 1.82) is 0 Å². The highest BCUT2D eigenvalue weighted by Crippen LogP contribution is 2.16. The summed E-state index contributed by atoms with van der Waals surface area (Å²) < 4.78 is 0. The Morgan fingerprint density at radius 3 is 2.29 bits per heavy atom. The van der Waals surface area contributed by atoms with Gasteiger partial charge in [0.15, 0.2) is 10.9 Å². The third kappa shape index (κ3) is 4.67. The van der Waals surface area contributed by atoms with Crippen LogP contribution in [0.15, 0.2) is 35.5 Å². The van der Waals surface area contributed by atoms with Crippen molar-refractivity contribution in [2.45, 2.75) is 38.8 Å². The fourth-order valence-electron chi connectivity index (χ4n) is 2.12. The second-order valence-electron chi connectivity index (χ2n) is 5.09. The second-order valence-corrected chi connectivity index (χ2v) is 6.03. The molecule has 1 aromatic carbocycles. The summed E-state index contributed by atoms with van der Waals surface area (Å²) in [5, 5.41) is 0.670. The molecule has 2 aromatic rings. The van der Waals surface area contributed by atoms with E-state index in [0.29, 0.717) is 10.9 Å². The van der Waals surface area contributed by atoms with Crippen molar-refractivity contribution in [2.24, 2.45) is 0 Å². The van der Waals surface area contributed by atoms with Crippen LogP contribution in [-0.2, 0) is 6.42 Å². The highest BCUT2D eigenvalue weighted by atomic mass is 32.2. The van der Waals surface area contributed by atoms with Crippen LogP contribution in [0.3, 0.4) is 0 Å². The van der Waals surface area contributed by atoms with Crippen LogP contribution in [0.2, 0.25) is 0 Å². The van der Waals surface area contributed by atoms with Gasteiger partial charge in [-0.1, -0.05) is 49.4 Å². The molecule has 0 amide bonds. The molecule has 21 heavy (non-hydrogen) atoms. The van der Waals surface area contributed by atoms with E-state index in [1.54, 1.807) is 0 Å². The maximum atomic E-state index is 12.2. The lowest BCUT2D eigenvalue weighted by molar-refractivity contribution is 0.102. The number of benzene rings is 1. The van der Waals surface area contributed by atoms with Gasteiger partial charge in [-0.25, -0.2) is 9.97 Å². The summed E-state index contributed by atoms with van der Waals surface area (Å²) in [7, 11) is 0. The SMILES string of the molecule is CCCc1ccc(C(=O)CSc2nc(C)cc(C)n2)cc1. The molecule has 1 heterocycles. The fourth-order valence-corrected chi connectivity index (χ4v) is 2.96. The summed E-state index contributed by atoms with van der Waals surface area (Å²) in [6.07, 6.45) is 2.17. The van der Waals surface area contributed by atoms with Crippen LogP contribution < -0.4 is 0 Å². The summed E-state index contributed by atoms with van der Waals surface area (Å²) in [5.74, 6) is 0.488. The van der Waals surface area contributed by atoms with Crippen molar-refractivity contribution >= 4 is 17.5 Å². The van der Waals surface area contributed by atoms with Crippen LogP contribution in [0.25, 0.3) is 0 Å². The van der Waals surface area contributed by atoms with Gasteiger partial charge >= 0.3 is 0 Å². The summed E-state index contributed by atoms with van der Waals surface area (Å²) in [4.78, 5) is 20.9. The molecule has 4 heteroatoms. The lowest BCUT2D eigenvalue weighted by atomic mass is 10.1. The molecule has 0 N–H and O–H groups in total. The minimum Gasteiger partial charge on any atom is -0.293 e. The number of thioether (sulfide) groups is 1. The van der Waals surface area contributed by atoms with Crippen molar-refractivity contribution in [3.63, 3.8) is 0 Å². The largest absolute Gasteiger partial charge is 0.293 e.